The fraction of sp³-hybridized carbons (Fsp3) is 0.360. The average Bonchev–Trinajstić information content (AvgIpc) is 3.42. The number of hydrogen-bond acceptors (Lipinski definition) is 4. The van der Waals surface area contributed by atoms with Crippen LogP contribution in [0.5, 0.6) is 0 Å². The number of hydrogen-bond donors (Lipinski definition) is 3. The van der Waals surface area contributed by atoms with Gasteiger partial charge in [-0.3, -0.25) is 9.89 Å². The predicted molar refractivity (Wildman–Crippen MR) is 121 cm³/mol. The van der Waals surface area contributed by atoms with Crippen LogP contribution in [0.3, 0.4) is 0 Å². The highest BCUT2D eigenvalue weighted by atomic mass is 19.1. The molecule has 6 nitrogen and oxygen atoms in total. The summed E-state index contributed by atoms with van der Waals surface area (Å²) < 4.78 is 13.1. The standard InChI is InChI=1S/C25H29FN4O2/c1-16-13-22(29-28-16)15-30(2)25(32)19-5-3-17(4-6-19)14-21-11-12-23(27-21)24(31)18-7-9-20(26)10-8-18/h3-10,13,21,23-24,27,31H,11-12,14-15H2,1-2H3,(H,28,29)/t21-,23+,24+/m0/s1. The SMILES string of the molecule is Cc1cc(CN(C)C(=O)c2ccc(C[C@@H]3CC[C@H]([C@H](O)c4ccc(F)cc4)N3)cc2)n[nH]1. The van der Waals surface area contributed by atoms with Gasteiger partial charge in [0.25, 0.3) is 5.91 Å². The van der Waals surface area contributed by atoms with Crippen molar-refractivity contribution in [1.82, 2.24) is 20.4 Å². The molecule has 32 heavy (non-hydrogen) atoms. The topological polar surface area (TPSA) is 81.2 Å². The van der Waals surface area contributed by atoms with E-state index in [9.17, 15) is 14.3 Å². The number of aliphatic hydroxyl groups is 1. The van der Waals surface area contributed by atoms with Crippen molar-refractivity contribution in [2.45, 2.75) is 50.9 Å². The summed E-state index contributed by atoms with van der Waals surface area (Å²) in [6, 6.07) is 15.9. The van der Waals surface area contributed by atoms with Crippen molar-refractivity contribution in [3.05, 3.63) is 88.5 Å². The van der Waals surface area contributed by atoms with Gasteiger partial charge in [0.15, 0.2) is 0 Å². The molecule has 2 aromatic carbocycles. The van der Waals surface area contributed by atoms with Gasteiger partial charge < -0.3 is 15.3 Å². The molecule has 0 aliphatic carbocycles. The number of aryl methyl sites for hydroxylation is 1. The van der Waals surface area contributed by atoms with Gasteiger partial charge in [-0.25, -0.2) is 4.39 Å². The van der Waals surface area contributed by atoms with E-state index in [2.05, 4.69) is 15.5 Å². The minimum atomic E-state index is -0.658. The average molecular weight is 437 g/mol. The van der Waals surface area contributed by atoms with Crippen molar-refractivity contribution >= 4 is 5.91 Å². The molecule has 7 heteroatoms. The van der Waals surface area contributed by atoms with E-state index >= 15 is 0 Å². The Morgan fingerprint density at radius 1 is 1.19 bits per heavy atom. The zero-order valence-electron chi connectivity index (χ0n) is 18.4. The maximum atomic E-state index is 13.1. The van der Waals surface area contributed by atoms with E-state index in [1.54, 1.807) is 24.1 Å². The molecule has 0 bridgehead atoms. The van der Waals surface area contributed by atoms with Crippen molar-refractivity contribution in [3.8, 4) is 0 Å². The molecule has 4 rings (SSSR count). The van der Waals surface area contributed by atoms with E-state index in [-0.39, 0.29) is 23.8 Å². The molecular formula is C25H29FN4O2. The number of nitrogens with one attached hydrogen (secondary N) is 2. The molecule has 1 fully saturated rings. The normalized spacial score (nSPS) is 19.1. The van der Waals surface area contributed by atoms with Gasteiger partial charge in [0, 0.05) is 30.4 Å². The highest BCUT2D eigenvalue weighted by Gasteiger charge is 2.30. The molecule has 0 radical (unpaired) electrons. The van der Waals surface area contributed by atoms with Gasteiger partial charge in [-0.2, -0.15) is 5.10 Å². The maximum absolute atomic E-state index is 13.1. The summed E-state index contributed by atoms with van der Waals surface area (Å²) in [5.74, 6) is -0.346. The molecular weight excluding hydrogens is 407 g/mol. The Bertz CT molecular complexity index is 1050. The largest absolute Gasteiger partial charge is 0.387 e. The second kappa shape index (κ2) is 9.63. The number of carbonyl (C=O) groups is 1. The van der Waals surface area contributed by atoms with Gasteiger partial charge in [-0.05, 0) is 67.6 Å². The van der Waals surface area contributed by atoms with E-state index in [4.69, 9.17) is 0 Å². The van der Waals surface area contributed by atoms with Crippen molar-refractivity contribution in [1.29, 1.82) is 0 Å². The second-order valence-electron chi connectivity index (χ2n) is 8.65. The molecule has 3 aromatic rings. The molecule has 0 saturated carbocycles. The quantitative estimate of drug-likeness (QED) is 0.529. The van der Waals surface area contributed by atoms with Crippen LogP contribution in [0.15, 0.2) is 54.6 Å². The number of aromatic nitrogens is 2. The fourth-order valence-electron chi connectivity index (χ4n) is 4.31. The summed E-state index contributed by atoms with van der Waals surface area (Å²) in [5, 5.41) is 21.2. The molecule has 168 valence electrons. The summed E-state index contributed by atoms with van der Waals surface area (Å²) >= 11 is 0. The van der Waals surface area contributed by atoms with Crippen LogP contribution in [0.4, 0.5) is 4.39 Å². The lowest BCUT2D eigenvalue weighted by Gasteiger charge is -2.20. The van der Waals surface area contributed by atoms with Gasteiger partial charge >= 0.3 is 0 Å². The molecule has 1 amide bonds. The van der Waals surface area contributed by atoms with Crippen molar-refractivity contribution < 1.29 is 14.3 Å². The Morgan fingerprint density at radius 2 is 1.91 bits per heavy atom. The van der Waals surface area contributed by atoms with Gasteiger partial charge in [0.2, 0.25) is 0 Å². The van der Waals surface area contributed by atoms with Crippen molar-refractivity contribution in [2.75, 3.05) is 7.05 Å². The van der Waals surface area contributed by atoms with E-state index in [1.807, 2.05) is 37.3 Å². The third-order valence-corrected chi connectivity index (χ3v) is 6.06. The van der Waals surface area contributed by atoms with Gasteiger partial charge in [0.1, 0.15) is 5.82 Å². The van der Waals surface area contributed by atoms with Crippen LogP contribution < -0.4 is 5.32 Å². The molecule has 1 aliphatic heterocycles. The van der Waals surface area contributed by atoms with Crippen molar-refractivity contribution in [2.24, 2.45) is 0 Å². The van der Waals surface area contributed by atoms with E-state index < -0.39 is 6.10 Å². The first-order valence-electron chi connectivity index (χ1n) is 10.9. The third kappa shape index (κ3) is 5.23. The van der Waals surface area contributed by atoms with E-state index in [1.165, 1.54) is 12.1 Å². The molecule has 1 aliphatic rings. The molecule has 3 atom stereocenters. The third-order valence-electron chi connectivity index (χ3n) is 6.06. The lowest BCUT2D eigenvalue weighted by Crippen LogP contribution is -2.35. The van der Waals surface area contributed by atoms with Gasteiger partial charge in [-0.1, -0.05) is 24.3 Å². The lowest BCUT2D eigenvalue weighted by molar-refractivity contribution is 0.0783. The Kier molecular flexibility index (Phi) is 6.67. The van der Waals surface area contributed by atoms with Crippen LogP contribution in [0.2, 0.25) is 0 Å². The fourth-order valence-corrected chi connectivity index (χ4v) is 4.31. The summed E-state index contributed by atoms with van der Waals surface area (Å²) in [6.45, 7) is 2.39. The Balaban J connectivity index is 1.30. The molecule has 3 N–H and O–H groups in total. The van der Waals surface area contributed by atoms with Crippen LogP contribution in [0.25, 0.3) is 0 Å². The smallest absolute Gasteiger partial charge is 0.253 e. The number of carbonyl (C=O) groups excluding carboxylic acids is 1. The number of halogens is 1. The molecule has 0 unspecified atom stereocenters. The number of benzene rings is 2. The number of aliphatic hydroxyl groups excluding tert-OH is 1. The zero-order valence-corrected chi connectivity index (χ0v) is 18.4. The van der Waals surface area contributed by atoms with Gasteiger partial charge in [0.05, 0.1) is 18.3 Å². The van der Waals surface area contributed by atoms with E-state index in [0.717, 1.165) is 41.8 Å². The van der Waals surface area contributed by atoms with Crippen molar-refractivity contribution in [3.63, 3.8) is 0 Å². The number of rotatable bonds is 7. The minimum Gasteiger partial charge on any atom is -0.387 e. The summed E-state index contributed by atoms with van der Waals surface area (Å²) in [5.41, 5.74) is 4.31. The minimum absolute atomic E-state index is 0.0429. The molecule has 1 saturated heterocycles. The summed E-state index contributed by atoms with van der Waals surface area (Å²) in [7, 11) is 1.77. The summed E-state index contributed by atoms with van der Waals surface area (Å²) in [6.07, 6.45) is 1.98. The number of amides is 1. The van der Waals surface area contributed by atoms with Crippen LogP contribution in [0.1, 0.15) is 51.8 Å². The van der Waals surface area contributed by atoms with Crippen LogP contribution in [-0.4, -0.2) is 45.2 Å². The Labute approximate surface area is 187 Å². The molecule has 2 heterocycles. The lowest BCUT2D eigenvalue weighted by atomic mass is 10.0. The first-order chi connectivity index (χ1) is 15.4. The number of H-pyrrole nitrogens is 1. The Hall–Kier alpha value is -3.03. The highest BCUT2D eigenvalue weighted by molar-refractivity contribution is 5.94. The van der Waals surface area contributed by atoms with E-state index in [0.29, 0.717) is 12.1 Å². The highest BCUT2D eigenvalue weighted by Crippen LogP contribution is 2.27. The second-order valence-corrected chi connectivity index (χ2v) is 8.65. The monoisotopic (exact) mass is 436 g/mol. The molecule has 0 spiro atoms. The predicted octanol–water partition coefficient (Wildman–Crippen LogP) is 3.53. The van der Waals surface area contributed by atoms with Crippen LogP contribution in [-0.2, 0) is 13.0 Å². The van der Waals surface area contributed by atoms with Crippen LogP contribution >= 0.6 is 0 Å². The van der Waals surface area contributed by atoms with Crippen LogP contribution in [0, 0.1) is 12.7 Å². The number of nitrogens with zero attached hydrogens (tertiary/aromatic N) is 2. The maximum Gasteiger partial charge on any atom is 0.253 e. The zero-order chi connectivity index (χ0) is 22.7. The molecule has 1 aromatic heterocycles. The number of aromatic amines is 1. The summed E-state index contributed by atoms with van der Waals surface area (Å²) in [4.78, 5) is 14.4. The Morgan fingerprint density at radius 3 is 2.56 bits per heavy atom. The first-order valence-corrected chi connectivity index (χ1v) is 10.9. The first kappa shape index (κ1) is 22.2. The van der Waals surface area contributed by atoms with Gasteiger partial charge in [-0.15, -0.1) is 0 Å².